The molecular weight excluding hydrogens is 338 g/mol. The zero-order chi connectivity index (χ0) is 19.1. The lowest BCUT2D eigenvalue weighted by Crippen LogP contribution is -2.46. The van der Waals surface area contributed by atoms with Crippen molar-refractivity contribution in [2.75, 3.05) is 26.9 Å². The van der Waals surface area contributed by atoms with Crippen LogP contribution in [0.2, 0.25) is 0 Å². The van der Waals surface area contributed by atoms with Crippen LogP contribution in [0.5, 0.6) is 5.75 Å². The maximum Gasteiger partial charge on any atom is 0.226 e. The summed E-state index contributed by atoms with van der Waals surface area (Å²) in [6, 6.07) is 16.5. The fourth-order valence-electron chi connectivity index (χ4n) is 3.75. The molecule has 1 amide bonds. The molecule has 2 aromatic rings. The lowest BCUT2D eigenvalue weighted by Gasteiger charge is -2.36. The number of carbonyl (C=O) groups is 1. The van der Waals surface area contributed by atoms with Gasteiger partial charge in [-0.1, -0.05) is 49.4 Å². The van der Waals surface area contributed by atoms with Gasteiger partial charge in [-0.15, -0.1) is 0 Å². The first kappa shape index (κ1) is 19.4. The number of para-hydroxylation sites is 1. The fraction of sp³-hybridized carbons (Fsp3) is 0.435. The number of benzene rings is 2. The van der Waals surface area contributed by atoms with Gasteiger partial charge in [0.25, 0.3) is 0 Å². The minimum atomic E-state index is -0.362. The molecule has 1 heterocycles. The highest BCUT2D eigenvalue weighted by Gasteiger charge is 2.39. The molecule has 0 aromatic heterocycles. The van der Waals surface area contributed by atoms with Crippen molar-refractivity contribution in [3.05, 3.63) is 54.1 Å². The van der Waals surface area contributed by atoms with Gasteiger partial charge in [-0.05, 0) is 42.9 Å². The SMILES string of the molecule is CCCNC(=O)C1(Cc2ccc(-c3ccccc3OC)cc2)CCOCC1. The van der Waals surface area contributed by atoms with Crippen molar-refractivity contribution in [3.8, 4) is 16.9 Å². The van der Waals surface area contributed by atoms with Crippen LogP contribution in [0.1, 0.15) is 31.7 Å². The van der Waals surface area contributed by atoms with E-state index >= 15 is 0 Å². The first-order valence-electron chi connectivity index (χ1n) is 9.77. The Labute approximate surface area is 161 Å². The van der Waals surface area contributed by atoms with Gasteiger partial charge in [0.2, 0.25) is 5.91 Å². The molecule has 0 radical (unpaired) electrons. The Morgan fingerprint density at radius 3 is 2.48 bits per heavy atom. The van der Waals surface area contributed by atoms with E-state index in [-0.39, 0.29) is 11.3 Å². The maximum atomic E-state index is 12.9. The molecule has 0 spiro atoms. The number of hydrogen-bond acceptors (Lipinski definition) is 3. The summed E-state index contributed by atoms with van der Waals surface area (Å²) >= 11 is 0. The third kappa shape index (κ3) is 4.51. The fourth-order valence-corrected chi connectivity index (χ4v) is 3.75. The van der Waals surface area contributed by atoms with Gasteiger partial charge in [0.1, 0.15) is 5.75 Å². The van der Waals surface area contributed by atoms with Crippen molar-refractivity contribution >= 4 is 5.91 Å². The average Bonchev–Trinajstić information content (AvgIpc) is 2.73. The zero-order valence-electron chi connectivity index (χ0n) is 16.3. The number of ether oxygens (including phenoxy) is 2. The van der Waals surface area contributed by atoms with E-state index in [9.17, 15) is 4.79 Å². The van der Waals surface area contributed by atoms with E-state index in [1.165, 1.54) is 5.56 Å². The Bertz CT molecular complexity index is 748. The lowest BCUT2D eigenvalue weighted by atomic mass is 9.74. The monoisotopic (exact) mass is 367 g/mol. The average molecular weight is 367 g/mol. The predicted molar refractivity (Wildman–Crippen MR) is 108 cm³/mol. The number of amides is 1. The van der Waals surface area contributed by atoms with E-state index in [2.05, 4.69) is 42.6 Å². The summed E-state index contributed by atoms with van der Waals surface area (Å²) in [5.41, 5.74) is 3.02. The molecule has 1 fully saturated rings. The third-order valence-electron chi connectivity index (χ3n) is 5.38. The topological polar surface area (TPSA) is 47.6 Å². The molecule has 0 aliphatic carbocycles. The highest BCUT2D eigenvalue weighted by atomic mass is 16.5. The van der Waals surface area contributed by atoms with E-state index < -0.39 is 0 Å². The molecule has 144 valence electrons. The summed E-state index contributed by atoms with van der Waals surface area (Å²) in [5, 5.41) is 3.10. The first-order chi connectivity index (χ1) is 13.2. The molecule has 0 bridgehead atoms. The van der Waals surface area contributed by atoms with Gasteiger partial charge in [0.15, 0.2) is 0 Å². The van der Waals surface area contributed by atoms with Gasteiger partial charge in [0.05, 0.1) is 12.5 Å². The molecule has 0 atom stereocenters. The number of hydrogen-bond donors (Lipinski definition) is 1. The molecule has 3 rings (SSSR count). The summed E-state index contributed by atoms with van der Waals surface area (Å²) in [5.74, 6) is 1.03. The van der Waals surface area contributed by atoms with Crippen LogP contribution in [0.3, 0.4) is 0 Å². The largest absolute Gasteiger partial charge is 0.496 e. The van der Waals surface area contributed by atoms with E-state index in [0.717, 1.165) is 49.1 Å². The molecule has 1 N–H and O–H groups in total. The summed E-state index contributed by atoms with van der Waals surface area (Å²) < 4.78 is 11.0. The predicted octanol–water partition coefficient (Wildman–Crippen LogP) is 4.23. The zero-order valence-corrected chi connectivity index (χ0v) is 16.3. The van der Waals surface area contributed by atoms with Crippen LogP contribution in [-0.4, -0.2) is 32.8 Å². The van der Waals surface area contributed by atoms with Crippen LogP contribution in [0.15, 0.2) is 48.5 Å². The Morgan fingerprint density at radius 1 is 1.11 bits per heavy atom. The van der Waals surface area contributed by atoms with Crippen molar-refractivity contribution in [3.63, 3.8) is 0 Å². The van der Waals surface area contributed by atoms with Crippen molar-refractivity contribution in [1.82, 2.24) is 5.32 Å². The number of nitrogens with one attached hydrogen (secondary N) is 1. The summed E-state index contributed by atoms with van der Waals surface area (Å²) in [6.07, 6.45) is 3.25. The van der Waals surface area contributed by atoms with Crippen LogP contribution in [0.25, 0.3) is 11.1 Å². The highest BCUT2D eigenvalue weighted by Crippen LogP contribution is 2.36. The van der Waals surface area contributed by atoms with Gasteiger partial charge < -0.3 is 14.8 Å². The Kier molecular flexibility index (Phi) is 6.51. The number of methoxy groups -OCH3 is 1. The Balaban J connectivity index is 1.80. The second-order valence-electron chi connectivity index (χ2n) is 7.22. The van der Waals surface area contributed by atoms with Gasteiger partial charge >= 0.3 is 0 Å². The second-order valence-corrected chi connectivity index (χ2v) is 7.22. The smallest absolute Gasteiger partial charge is 0.226 e. The summed E-state index contributed by atoms with van der Waals surface area (Å²) in [7, 11) is 1.69. The summed E-state index contributed by atoms with van der Waals surface area (Å²) in [4.78, 5) is 12.9. The van der Waals surface area contributed by atoms with E-state index in [4.69, 9.17) is 9.47 Å². The first-order valence-corrected chi connectivity index (χ1v) is 9.77. The van der Waals surface area contributed by atoms with Crippen molar-refractivity contribution in [2.24, 2.45) is 5.41 Å². The molecule has 0 saturated carbocycles. The van der Waals surface area contributed by atoms with Crippen LogP contribution < -0.4 is 10.1 Å². The Morgan fingerprint density at radius 2 is 1.81 bits per heavy atom. The Hall–Kier alpha value is -2.33. The lowest BCUT2D eigenvalue weighted by molar-refractivity contribution is -0.136. The van der Waals surface area contributed by atoms with Gasteiger partial charge in [-0.25, -0.2) is 0 Å². The van der Waals surface area contributed by atoms with E-state index in [1.807, 2.05) is 18.2 Å². The maximum absolute atomic E-state index is 12.9. The molecule has 1 aliphatic rings. The quantitative estimate of drug-likeness (QED) is 0.797. The van der Waals surface area contributed by atoms with Crippen molar-refractivity contribution < 1.29 is 14.3 Å². The molecule has 1 aliphatic heterocycles. The van der Waals surface area contributed by atoms with Crippen molar-refractivity contribution in [1.29, 1.82) is 0 Å². The number of rotatable bonds is 7. The standard InChI is InChI=1S/C23H29NO3/c1-3-14-24-22(25)23(12-15-27-16-13-23)17-18-8-10-19(11-9-18)20-6-4-5-7-21(20)26-2/h4-11H,3,12-17H2,1-2H3,(H,24,25). The normalized spacial score (nSPS) is 15.9. The van der Waals surface area contributed by atoms with E-state index in [1.54, 1.807) is 7.11 Å². The van der Waals surface area contributed by atoms with Crippen LogP contribution in [0.4, 0.5) is 0 Å². The molecule has 4 heteroatoms. The molecule has 2 aromatic carbocycles. The summed E-state index contributed by atoms with van der Waals surface area (Å²) in [6.45, 7) is 4.11. The van der Waals surface area contributed by atoms with Gasteiger partial charge in [0, 0.05) is 25.3 Å². The van der Waals surface area contributed by atoms with E-state index in [0.29, 0.717) is 13.2 Å². The van der Waals surface area contributed by atoms with Gasteiger partial charge in [-0.2, -0.15) is 0 Å². The van der Waals surface area contributed by atoms with Crippen LogP contribution in [-0.2, 0) is 16.0 Å². The molecule has 0 unspecified atom stereocenters. The van der Waals surface area contributed by atoms with Crippen LogP contribution >= 0.6 is 0 Å². The molecule has 1 saturated heterocycles. The molecule has 4 nitrogen and oxygen atoms in total. The third-order valence-corrected chi connectivity index (χ3v) is 5.38. The minimum absolute atomic E-state index is 0.168. The molecule has 27 heavy (non-hydrogen) atoms. The van der Waals surface area contributed by atoms with Gasteiger partial charge in [-0.3, -0.25) is 4.79 Å². The second kappa shape index (κ2) is 9.05. The number of carbonyl (C=O) groups excluding carboxylic acids is 1. The minimum Gasteiger partial charge on any atom is -0.496 e. The van der Waals surface area contributed by atoms with Crippen molar-refractivity contribution in [2.45, 2.75) is 32.6 Å². The molecular formula is C23H29NO3. The van der Waals surface area contributed by atoms with Crippen LogP contribution in [0, 0.1) is 5.41 Å². The highest BCUT2D eigenvalue weighted by molar-refractivity contribution is 5.83.